The number of carboxylic acid groups (broad SMARTS) is 1. The molecule has 0 bridgehead atoms. The summed E-state index contributed by atoms with van der Waals surface area (Å²) < 4.78 is 1.88. The number of hydrogen-bond donors (Lipinski definition) is 2. The van der Waals surface area contributed by atoms with Crippen molar-refractivity contribution >= 4 is 5.97 Å². The summed E-state index contributed by atoms with van der Waals surface area (Å²) in [5, 5.41) is 12.2. The van der Waals surface area contributed by atoms with Crippen molar-refractivity contribution in [2.75, 3.05) is 0 Å². The molecule has 0 spiro atoms. The second-order valence-corrected chi connectivity index (χ2v) is 4.20. The van der Waals surface area contributed by atoms with Crippen molar-refractivity contribution in [2.24, 2.45) is 7.05 Å². The Morgan fingerprint density at radius 1 is 1.69 bits per heavy atom. The molecule has 1 rings (SSSR count). The summed E-state index contributed by atoms with van der Waals surface area (Å²) in [6, 6.07) is 0. The second kappa shape index (κ2) is 5.12. The van der Waals surface area contributed by atoms with Crippen LogP contribution in [0.1, 0.15) is 32.5 Å². The number of nitrogens with one attached hydrogen (secondary N) is 1. The highest BCUT2D eigenvalue weighted by Crippen LogP contribution is 2.13. The van der Waals surface area contributed by atoms with Gasteiger partial charge < -0.3 is 9.67 Å². The summed E-state index contributed by atoms with van der Waals surface area (Å²) in [7, 11) is 1.89. The lowest BCUT2D eigenvalue weighted by molar-refractivity contribution is -0.144. The molecule has 0 aliphatic carbocycles. The zero-order chi connectivity index (χ0) is 12.2. The molecule has 5 nitrogen and oxygen atoms in total. The predicted molar refractivity (Wildman–Crippen MR) is 61.0 cm³/mol. The van der Waals surface area contributed by atoms with E-state index < -0.39 is 11.5 Å². The molecule has 16 heavy (non-hydrogen) atoms. The van der Waals surface area contributed by atoms with Gasteiger partial charge >= 0.3 is 5.97 Å². The van der Waals surface area contributed by atoms with E-state index in [1.807, 2.05) is 24.7 Å². The fraction of sp³-hybridized carbons (Fsp3) is 0.636. The molecule has 0 saturated carbocycles. The molecular formula is C11H19N3O2. The first kappa shape index (κ1) is 12.7. The van der Waals surface area contributed by atoms with Gasteiger partial charge in [0.2, 0.25) is 0 Å². The van der Waals surface area contributed by atoms with Crippen LogP contribution < -0.4 is 5.32 Å². The van der Waals surface area contributed by atoms with E-state index in [0.717, 1.165) is 12.2 Å². The van der Waals surface area contributed by atoms with Crippen molar-refractivity contribution in [1.82, 2.24) is 14.9 Å². The Labute approximate surface area is 95.5 Å². The lowest BCUT2D eigenvalue weighted by atomic mass is 9.96. The molecule has 0 fully saturated rings. The van der Waals surface area contributed by atoms with Gasteiger partial charge in [-0.2, -0.15) is 0 Å². The Balaban J connectivity index is 2.64. The van der Waals surface area contributed by atoms with Crippen molar-refractivity contribution in [1.29, 1.82) is 0 Å². The van der Waals surface area contributed by atoms with Gasteiger partial charge in [-0.15, -0.1) is 0 Å². The Bertz CT molecular complexity index is 362. The van der Waals surface area contributed by atoms with E-state index in [0.29, 0.717) is 13.0 Å². The molecule has 1 unspecified atom stereocenters. The highest BCUT2D eigenvalue weighted by molar-refractivity contribution is 5.78. The number of aryl methyl sites for hydroxylation is 1. The Morgan fingerprint density at radius 3 is 2.81 bits per heavy atom. The summed E-state index contributed by atoms with van der Waals surface area (Å²) in [4.78, 5) is 15.3. The van der Waals surface area contributed by atoms with Crippen LogP contribution in [0.25, 0.3) is 0 Å². The summed E-state index contributed by atoms with van der Waals surface area (Å²) in [5.41, 5.74) is -0.874. The number of nitrogens with zero attached hydrogens (tertiary/aromatic N) is 2. The molecule has 0 radical (unpaired) electrons. The van der Waals surface area contributed by atoms with Crippen LogP contribution >= 0.6 is 0 Å². The van der Waals surface area contributed by atoms with E-state index in [1.165, 1.54) is 0 Å². The smallest absolute Gasteiger partial charge is 0.323 e. The van der Waals surface area contributed by atoms with Crippen LogP contribution in [0.5, 0.6) is 0 Å². The number of carboxylic acids is 1. The molecule has 1 aromatic heterocycles. The number of imidazole rings is 1. The van der Waals surface area contributed by atoms with E-state index in [9.17, 15) is 9.90 Å². The first-order valence-electron chi connectivity index (χ1n) is 5.44. The molecule has 2 N–H and O–H groups in total. The minimum atomic E-state index is -0.874. The van der Waals surface area contributed by atoms with Crippen molar-refractivity contribution in [3.8, 4) is 0 Å². The average Bonchev–Trinajstić information content (AvgIpc) is 2.61. The quantitative estimate of drug-likeness (QED) is 0.762. The molecule has 1 aromatic rings. The van der Waals surface area contributed by atoms with E-state index in [-0.39, 0.29) is 0 Å². The zero-order valence-corrected chi connectivity index (χ0v) is 10.0. The summed E-state index contributed by atoms with van der Waals surface area (Å²) in [6.45, 7) is 4.15. The van der Waals surface area contributed by atoms with E-state index in [4.69, 9.17) is 0 Å². The van der Waals surface area contributed by atoms with Crippen LogP contribution in [-0.4, -0.2) is 26.2 Å². The van der Waals surface area contributed by atoms with Crippen molar-refractivity contribution in [3.63, 3.8) is 0 Å². The molecular weight excluding hydrogens is 206 g/mol. The van der Waals surface area contributed by atoms with Gasteiger partial charge in [-0.1, -0.05) is 13.3 Å². The lowest BCUT2D eigenvalue weighted by Gasteiger charge is -2.25. The Hall–Kier alpha value is -1.36. The first-order chi connectivity index (χ1) is 7.49. The predicted octanol–water partition coefficient (Wildman–Crippen LogP) is 1.15. The van der Waals surface area contributed by atoms with Crippen LogP contribution in [0.2, 0.25) is 0 Å². The molecule has 5 heteroatoms. The number of carbonyl (C=O) groups is 1. The molecule has 90 valence electrons. The monoisotopic (exact) mass is 225 g/mol. The Kier molecular flexibility index (Phi) is 4.06. The van der Waals surface area contributed by atoms with Gasteiger partial charge in [0.15, 0.2) is 0 Å². The third-order valence-electron chi connectivity index (χ3n) is 2.78. The summed E-state index contributed by atoms with van der Waals surface area (Å²) in [5.74, 6) is 0.0205. The third kappa shape index (κ3) is 2.82. The maximum Gasteiger partial charge on any atom is 0.323 e. The third-order valence-corrected chi connectivity index (χ3v) is 2.78. The molecule has 1 atom stereocenters. The van der Waals surface area contributed by atoms with Gasteiger partial charge in [-0.25, -0.2) is 4.98 Å². The largest absolute Gasteiger partial charge is 0.480 e. The van der Waals surface area contributed by atoms with Crippen LogP contribution in [0.3, 0.4) is 0 Å². The van der Waals surface area contributed by atoms with Gasteiger partial charge in [0.05, 0.1) is 6.54 Å². The number of aromatic nitrogens is 2. The SMILES string of the molecule is CCCC(C)(NCc1nccn1C)C(=O)O. The highest BCUT2D eigenvalue weighted by Gasteiger charge is 2.31. The highest BCUT2D eigenvalue weighted by atomic mass is 16.4. The van der Waals surface area contributed by atoms with Gasteiger partial charge in [-0.3, -0.25) is 10.1 Å². The van der Waals surface area contributed by atoms with E-state index in [1.54, 1.807) is 13.1 Å². The van der Waals surface area contributed by atoms with Gasteiger partial charge in [0.1, 0.15) is 11.4 Å². The average molecular weight is 225 g/mol. The van der Waals surface area contributed by atoms with Crippen molar-refractivity contribution in [3.05, 3.63) is 18.2 Å². The summed E-state index contributed by atoms with van der Waals surface area (Å²) >= 11 is 0. The minimum Gasteiger partial charge on any atom is -0.480 e. The molecule has 0 aliphatic rings. The molecule has 0 saturated heterocycles. The molecule has 0 amide bonds. The number of rotatable bonds is 6. The summed E-state index contributed by atoms with van der Waals surface area (Å²) in [6.07, 6.45) is 4.98. The van der Waals surface area contributed by atoms with E-state index >= 15 is 0 Å². The number of hydrogen-bond acceptors (Lipinski definition) is 3. The maximum absolute atomic E-state index is 11.2. The Morgan fingerprint density at radius 2 is 2.38 bits per heavy atom. The topological polar surface area (TPSA) is 67.2 Å². The molecule has 0 aliphatic heterocycles. The van der Waals surface area contributed by atoms with Gasteiger partial charge in [-0.05, 0) is 13.3 Å². The normalized spacial score (nSPS) is 14.7. The second-order valence-electron chi connectivity index (χ2n) is 4.20. The van der Waals surface area contributed by atoms with Crippen LogP contribution in [0.15, 0.2) is 12.4 Å². The maximum atomic E-state index is 11.2. The number of aliphatic carboxylic acids is 1. The fourth-order valence-electron chi connectivity index (χ4n) is 1.61. The van der Waals surface area contributed by atoms with E-state index in [2.05, 4.69) is 10.3 Å². The standard InChI is InChI=1S/C11H19N3O2/c1-4-5-11(2,10(15)16)13-8-9-12-6-7-14(9)3/h6-7,13H,4-5,8H2,1-3H3,(H,15,16). The fourth-order valence-corrected chi connectivity index (χ4v) is 1.61. The zero-order valence-electron chi connectivity index (χ0n) is 10.0. The van der Waals surface area contributed by atoms with Gasteiger partial charge in [0.25, 0.3) is 0 Å². The minimum absolute atomic E-state index is 0.465. The first-order valence-corrected chi connectivity index (χ1v) is 5.44. The van der Waals surface area contributed by atoms with Crippen LogP contribution in [-0.2, 0) is 18.4 Å². The van der Waals surface area contributed by atoms with Crippen LogP contribution in [0, 0.1) is 0 Å². The van der Waals surface area contributed by atoms with Crippen molar-refractivity contribution < 1.29 is 9.90 Å². The lowest BCUT2D eigenvalue weighted by Crippen LogP contribution is -2.49. The molecule has 1 heterocycles. The van der Waals surface area contributed by atoms with Gasteiger partial charge in [0, 0.05) is 19.4 Å². The molecule has 0 aromatic carbocycles. The van der Waals surface area contributed by atoms with Crippen LogP contribution in [0.4, 0.5) is 0 Å². The van der Waals surface area contributed by atoms with Crippen molar-refractivity contribution in [2.45, 2.75) is 38.8 Å².